The Kier molecular flexibility index (Phi) is 4.97. The molecule has 1 aliphatic carbocycles. The molecule has 0 bridgehead atoms. The van der Waals surface area contributed by atoms with E-state index in [1.165, 1.54) is 0 Å². The molecule has 0 saturated carbocycles. The second kappa shape index (κ2) is 7.88. The minimum Gasteiger partial charge on any atom is -0.489 e. The third kappa shape index (κ3) is 3.83. The molecule has 0 saturated heterocycles. The molecule has 1 N–H and O–H groups in total. The van der Waals surface area contributed by atoms with Crippen molar-refractivity contribution in [2.45, 2.75) is 13.0 Å². The van der Waals surface area contributed by atoms with Crippen LogP contribution in [0.5, 0.6) is 5.75 Å². The van der Waals surface area contributed by atoms with Crippen LogP contribution in [0.2, 0.25) is 0 Å². The summed E-state index contributed by atoms with van der Waals surface area (Å²) in [7, 11) is 0. The molecule has 0 atom stereocenters. The zero-order chi connectivity index (χ0) is 19.3. The van der Waals surface area contributed by atoms with Crippen LogP contribution in [0, 0.1) is 0 Å². The molecular formula is C23H18N2O3. The van der Waals surface area contributed by atoms with Gasteiger partial charge in [0.1, 0.15) is 12.4 Å². The fourth-order valence-corrected chi connectivity index (χ4v) is 3.04. The Hall–Kier alpha value is -3.73. The second-order valence-electron chi connectivity index (χ2n) is 6.44. The molecule has 0 spiro atoms. The lowest BCUT2D eigenvalue weighted by atomic mass is 10.1. The topological polar surface area (TPSA) is 67.8 Å². The van der Waals surface area contributed by atoms with E-state index in [2.05, 4.69) is 10.5 Å². The highest BCUT2D eigenvalue weighted by Crippen LogP contribution is 2.22. The van der Waals surface area contributed by atoms with E-state index in [1.807, 2.05) is 60.7 Å². The number of nitrogens with zero attached hydrogens (tertiary/aromatic N) is 1. The average Bonchev–Trinajstić information content (AvgIpc) is 3.07. The highest BCUT2D eigenvalue weighted by molar-refractivity contribution is 6.26. The number of carbonyl (C=O) groups is 2. The van der Waals surface area contributed by atoms with Crippen molar-refractivity contribution in [3.8, 4) is 5.75 Å². The van der Waals surface area contributed by atoms with Crippen LogP contribution >= 0.6 is 0 Å². The molecule has 1 amide bonds. The maximum atomic E-state index is 12.4. The SMILES string of the molecule is O=C(N/N=C1/CC(=O)c2ccccc21)c1ccc(COc2ccccc2)cc1. The van der Waals surface area contributed by atoms with Crippen molar-refractivity contribution in [2.24, 2.45) is 5.10 Å². The van der Waals surface area contributed by atoms with Crippen LogP contribution in [-0.2, 0) is 6.61 Å². The lowest BCUT2D eigenvalue weighted by Gasteiger charge is -2.07. The highest BCUT2D eigenvalue weighted by atomic mass is 16.5. The van der Waals surface area contributed by atoms with Crippen LogP contribution in [0.25, 0.3) is 0 Å². The Morgan fingerprint density at radius 2 is 1.57 bits per heavy atom. The highest BCUT2D eigenvalue weighted by Gasteiger charge is 2.25. The van der Waals surface area contributed by atoms with E-state index in [0.717, 1.165) is 16.9 Å². The summed E-state index contributed by atoms with van der Waals surface area (Å²) in [6.07, 6.45) is 0.204. The first kappa shape index (κ1) is 17.7. The molecule has 0 aromatic heterocycles. The van der Waals surface area contributed by atoms with Crippen molar-refractivity contribution in [3.63, 3.8) is 0 Å². The third-order valence-corrected chi connectivity index (χ3v) is 4.52. The van der Waals surface area contributed by atoms with Gasteiger partial charge < -0.3 is 4.74 Å². The second-order valence-corrected chi connectivity index (χ2v) is 6.44. The molecule has 3 aromatic rings. The molecule has 0 heterocycles. The van der Waals surface area contributed by atoms with Crippen LogP contribution in [-0.4, -0.2) is 17.4 Å². The van der Waals surface area contributed by atoms with Crippen LogP contribution in [0.1, 0.15) is 38.3 Å². The minimum atomic E-state index is -0.320. The molecule has 1 aliphatic rings. The third-order valence-electron chi connectivity index (χ3n) is 4.52. The number of fused-ring (bicyclic) bond motifs is 1. The number of ketones is 1. The lowest BCUT2D eigenvalue weighted by molar-refractivity contribution is 0.0952. The van der Waals surface area contributed by atoms with Gasteiger partial charge in [-0.1, -0.05) is 54.6 Å². The predicted molar refractivity (Wildman–Crippen MR) is 107 cm³/mol. The number of hydrogen-bond acceptors (Lipinski definition) is 4. The van der Waals surface area contributed by atoms with Gasteiger partial charge in [0, 0.05) is 16.7 Å². The average molecular weight is 370 g/mol. The number of amides is 1. The normalized spacial score (nSPS) is 14.0. The van der Waals surface area contributed by atoms with Gasteiger partial charge in [0.25, 0.3) is 5.91 Å². The van der Waals surface area contributed by atoms with Gasteiger partial charge in [-0.15, -0.1) is 0 Å². The quantitative estimate of drug-likeness (QED) is 0.691. The predicted octanol–water partition coefficient (Wildman–Crippen LogP) is 3.99. The van der Waals surface area contributed by atoms with Crippen molar-refractivity contribution < 1.29 is 14.3 Å². The fraction of sp³-hybridized carbons (Fsp3) is 0.0870. The number of Topliss-reactive ketones (excluding diaryl/α,β-unsaturated/α-hetero) is 1. The Labute approximate surface area is 162 Å². The van der Waals surface area contributed by atoms with E-state index in [0.29, 0.717) is 23.4 Å². The first-order chi connectivity index (χ1) is 13.7. The summed E-state index contributed by atoms with van der Waals surface area (Å²) in [5.41, 5.74) is 6.01. The van der Waals surface area contributed by atoms with Crippen molar-refractivity contribution in [3.05, 3.63) is 101 Å². The molecule has 5 nitrogen and oxygen atoms in total. The molecule has 4 rings (SSSR count). The number of para-hydroxylation sites is 1. The van der Waals surface area contributed by atoms with E-state index >= 15 is 0 Å². The van der Waals surface area contributed by atoms with Crippen molar-refractivity contribution in [1.82, 2.24) is 5.43 Å². The number of carbonyl (C=O) groups excluding carboxylic acids is 2. The van der Waals surface area contributed by atoms with Crippen LogP contribution in [0.4, 0.5) is 0 Å². The smallest absolute Gasteiger partial charge is 0.271 e. The van der Waals surface area contributed by atoms with E-state index < -0.39 is 0 Å². The Morgan fingerprint density at radius 3 is 2.32 bits per heavy atom. The van der Waals surface area contributed by atoms with Gasteiger partial charge in [-0.3, -0.25) is 9.59 Å². The number of benzene rings is 3. The molecule has 0 aliphatic heterocycles. The summed E-state index contributed by atoms with van der Waals surface area (Å²) in [4.78, 5) is 24.3. The first-order valence-corrected chi connectivity index (χ1v) is 8.97. The summed E-state index contributed by atoms with van der Waals surface area (Å²) in [5.74, 6) is 0.498. The lowest BCUT2D eigenvalue weighted by Crippen LogP contribution is -2.19. The maximum Gasteiger partial charge on any atom is 0.271 e. The van der Waals surface area contributed by atoms with E-state index in [1.54, 1.807) is 18.2 Å². The van der Waals surface area contributed by atoms with E-state index in [-0.39, 0.29) is 18.1 Å². The zero-order valence-electron chi connectivity index (χ0n) is 15.1. The maximum absolute atomic E-state index is 12.4. The van der Waals surface area contributed by atoms with Crippen LogP contribution < -0.4 is 10.2 Å². The first-order valence-electron chi connectivity index (χ1n) is 8.97. The summed E-state index contributed by atoms with van der Waals surface area (Å²) in [5, 5.41) is 4.16. The summed E-state index contributed by atoms with van der Waals surface area (Å²) in [6.45, 7) is 0.424. The molecule has 5 heteroatoms. The summed E-state index contributed by atoms with van der Waals surface area (Å²) < 4.78 is 5.70. The largest absolute Gasteiger partial charge is 0.489 e. The van der Waals surface area contributed by atoms with Gasteiger partial charge in [-0.2, -0.15) is 5.10 Å². The molecule has 138 valence electrons. The Balaban J connectivity index is 1.38. The van der Waals surface area contributed by atoms with Crippen molar-refractivity contribution in [2.75, 3.05) is 0 Å². The van der Waals surface area contributed by atoms with Gasteiger partial charge in [0.2, 0.25) is 0 Å². The molecule has 3 aromatic carbocycles. The number of nitrogens with one attached hydrogen (secondary N) is 1. The van der Waals surface area contributed by atoms with E-state index in [4.69, 9.17) is 4.74 Å². The fourth-order valence-electron chi connectivity index (χ4n) is 3.04. The van der Waals surface area contributed by atoms with Crippen LogP contribution in [0.15, 0.2) is 84.0 Å². The zero-order valence-corrected chi connectivity index (χ0v) is 15.1. The molecule has 0 unspecified atom stereocenters. The summed E-state index contributed by atoms with van der Waals surface area (Å²) in [6, 6.07) is 24.0. The number of ether oxygens (including phenoxy) is 1. The monoisotopic (exact) mass is 370 g/mol. The van der Waals surface area contributed by atoms with Gasteiger partial charge in [-0.05, 0) is 29.8 Å². The van der Waals surface area contributed by atoms with Crippen molar-refractivity contribution >= 4 is 17.4 Å². The minimum absolute atomic E-state index is 0.0198. The number of hydrazone groups is 1. The van der Waals surface area contributed by atoms with Gasteiger partial charge in [0.05, 0.1) is 12.1 Å². The standard InChI is InChI=1S/C23H18N2O3/c26-22-14-21(19-8-4-5-9-20(19)22)24-25-23(27)17-12-10-16(11-13-17)15-28-18-6-2-1-3-7-18/h1-13H,14-15H2,(H,25,27)/b24-21-. The van der Waals surface area contributed by atoms with Gasteiger partial charge in [0.15, 0.2) is 5.78 Å². The van der Waals surface area contributed by atoms with Gasteiger partial charge in [-0.25, -0.2) is 5.43 Å². The van der Waals surface area contributed by atoms with E-state index in [9.17, 15) is 9.59 Å². The van der Waals surface area contributed by atoms with Crippen molar-refractivity contribution in [1.29, 1.82) is 0 Å². The Bertz CT molecular complexity index is 1040. The molecular weight excluding hydrogens is 352 g/mol. The number of rotatable bonds is 5. The Morgan fingerprint density at radius 1 is 0.893 bits per heavy atom. The molecule has 0 radical (unpaired) electrons. The van der Waals surface area contributed by atoms with Crippen LogP contribution in [0.3, 0.4) is 0 Å². The number of hydrogen-bond donors (Lipinski definition) is 1. The van der Waals surface area contributed by atoms with Gasteiger partial charge >= 0.3 is 0 Å². The molecule has 0 fully saturated rings. The molecule has 28 heavy (non-hydrogen) atoms. The summed E-state index contributed by atoms with van der Waals surface area (Å²) >= 11 is 0.